The van der Waals surface area contributed by atoms with Gasteiger partial charge >= 0.3 is 6.09 Å². The van der Waals surface area contributed by atoms with Gasteiger partial charge in [-0.15, -0.1) is 5.10 Å². The van der Waals surface area contributed by atoms with Gasteiger partial charge in [0.25, 0.3) is 0 Å². The molecule has 0 aliphatic heterocycles. The summed E-state index contributed by atoms with van der Waals surface area (Å²) in [6, 6.07) is 6.47. The van der Waals surface area contributed by atoms with Crippen molar-refractivity contribution in [2.24, 2.45) is 0 Å². The molecule has 1 saturated carbocycles. The highest BCUT2D eigenvalue weighted by Crippen LogP contribution is 2.41. The summed E-state index contributed by atoms with van der Waals surface area (Å²) < 4.78 is 34.9. The van der Waals surface area contributed by atoms with Gasteiger partial charge in [0.2, 0.25) is 0 Å². The fourth-order valence-corrected chi connectivity index (χ4v) is 3.43. The van der Waals surface area contributed by atoms with Crippen LogP contribution in [0.3, 0.4) is 0 Å². The Balaban J connectivity index is 1.52. The molecule has 10 heteroatoms. The van der Waals surface area contributed by atoms with Gasteiger partial charge in [-0.25, -0.2) is 23.5 Å². The average Bonchev–Trinajstić information content (AvgIpc) is 3.47. The fourth-order valence-electron chi connectivity index (χ4n) is 3.43. The molecule has 1 aliphatic carbocycles. The molecule has 0 spiro atoms. The Bertz CT molecular complexity index is 1150. The maximum Gasteiger partial charge on any atom is 0.435 e. The standard InChI is InChI=1S/C23H26F2N6O2/c1-13(21-15(24)6-5-7-16(21)25)28-18-11-19(27-12-26-18)29-20-10-17(14-8-9-14)31(30-20)22(32)33-23(2,3)4/h5-7,10-14H,8-9H2,1-4H3,(H2,26,27,28,29,30). The van der Waals surface area contributed by atoms with Crippen molar-refractivity contribution < 1.29 is 18.3 Å². The van der Waals surface area contributed by atoms with Crippen molar-refractivity contribution in [3.63, 3.8) is 0 Å². The molecule has 1 aromatic carbocycles. The number of carbonyl (C=O) groups excluding carboxylic acids is 1. The Kier molecular flexibility index (Phi) is 6.01. The zero-order chi connectivity index (χ0) is 23.8. The first-order chi connectivity index (χ1) is 15.6. The van der Waals surface area contributed by atoms with Crippen molar-refractivity contribution in [2.75, 3.05) is 10.6 Å². The average molecular weight is 456 g/mol. The van der Waals surface area contributed by atoms with E-state index in [1.54, 1.807) is 39.8 Å². The molecule has 174 valence electrons. The second kappa shape index (κ2) is 8.76. The number of rotatable bonds is 6. The van der Waals surface area contributed by atoms with Crippen LogP contribution >= 0.6 is 0 Å². The van der Waals surface area contributed by atoms with Crippen molar-refractivity contribution in [3.8, 4) is 0 Å². The highest BCUT2D eigenvalue weighted by molar-refractivity contribution is 5.72. The lowest BCUT2D eigenvalue weighted by atomic mass is 10.1. The maximum atomic E-state index is 14.1. The summed E-state index contributed by atoms with van der Waals surface area (Å²) in [6.45, 7) is 7.04. The van der Waals surface area contributed by atoms with Crippen LogP contribution in [0, 0.1) is 11.6 Å². The Morgan fingerprint density at radius 3 is 2.42 bits per heavy atom. The molecule has 1 atom stereocenters. The third-order valence-electron chi connectivity index (χ3n) is 5.02. The number of nitrogens with zero attached hydrogens (tertiary/aromatic N) is 4. The number of nitrogens with one attached hydrogen (secondary N) is 2. The predicted molar refractivity (Wildman–Crippen MR) is 120 cm³/mol. The van der Waals surface area contributed by atoms with Gasteiger partial charge < -0.3 is 15.4 Å². The van der Waals surface area contributed by atoms with E-state index in [0.717, 1.165) is 18.5 Å². The van der Waals surface area contributed by atoms with Crippen LogP contribution in [-0.4, -0.2) is 31.4 Å². The molecule has 1 unspecified atom stereocenters. The number of halogens is 2. The number of aromatic nitrogens is 4. The van der Waals surface area contributed by atoms with Gasteiger partial charge in [-0.1, -0.05) is 6.07 Å². The van der Waals surface area contributed by atoms with Crippen LogP contribution in [0.4, 0.5) is 31.0 Å². The molecule has 0 radical (unpaired) electrons. The van der Waals surface area contributed by atoms with E-state index in [1.807, 2.05) is 0 Å². The number of hydrogen-bond donors (Lipinski definition) is 2. The Morgan fingerprint density at radius 2 is 1.79 bits per heavy atom. The van der Waals surface area contributed by atoms with E-state index in [4.69, 9.17) is 4.74 Å². The normalized spacial score (nSPS) is 14.6. The predicted octanol–water partition coefficient (Wildman–Crippen LogP) is 5.53. The first kappa shape index (κ1) is 22.6. The first-order valence-electron chi connectivity index (χ1n) is 10.7. The molecule has 2 aromatic heterocycles. The molecular weight excluding hydrogens is 430 g/mol. The van der Waals surface area contributed by atoms with Crippen LogP contribution < -0.4 is 10.6 Å². The third-order valence-corrected chi connectivity index (χ3v) is 5.02. The van der Waals surface area contributed by atoms with Gasteiger partial charge in [0.05, 0.1) is 11.7 Å². The molecule has 0 bridgehead atoms. The summed E-state index contributed by atoms with van der Waals surface area (Å²) >= 11 is 0. The molecule has 1 aliphatic rings. The third kappa shape index (κ3) is 5.44. The monoisotopic (exact) mass is 456 g/mol. The SMILES string of the molecule is CC(Nc1cc(Nc2cc(C3CC3)n(C(=O)OC(C)(C)C)n2)ncn1)c1c(F)cccc1F. The molecule has 0 saturated heterocycles. The first-order valence-corrected chi connectivity index (χ1v) is 10.7. The van der Waals surface area contributed by atoms with Crippen LogP contribution in [-0.2, 0) is 4.74 Å². The van der Waals surface area contributed by atoms with Crippen LogP contribution in [0.2, 0.25) is 0 Å². The number of hydrogen-bond acceptors (Lipinski definition) is 7. The molecule has 4 rings (SSSR count). The second-order valence-corrected chi connectivity index (χ2v) is 9.04. The number of anilines is 3. The smallest absolute Gasteiger partial charge is 0.435 e. The molecule has 3 aromatic rings. The van der Waals surface area contributed by atoms with Crippen molar-refractivity contribution in [2.45, 2.75) is 58.1 Å². The zero-order valence-electron chi connectivity index (χ0n) is 18.9. The van der Waals surface area contributed by atoms with Crippen LogP contribution in [0.25, 0.3) is 0 Å². The maximum absolute atomic E-state index is 14.1. The molecule has 0 amide bonds. The van der Waals surface area contributed by atoms with Crippen molar-refractivity contribution in [1.29, 1.82) is 0 Å². The van der Waals surface area contributed by atoms with E-state index in [-0.39, 0.29) is 11.5 Å². The summed E-state index contributed by atoms with van der Waals surface area (Å²) in [5.41, 5.74) is 0.0672. The van der Waals surface area contributed by atoms with E-state index < -0.39 is 29.4 Å². The number of ether oxygens (including phenoxy) is 1. The summed E-state index contributed by atoms with van der Waals surface area (Å²) in [6.07, 6.45) is 2.75. The van der Waals surface area contributed by atoms with Crippen LogP contribution in [0.15, 0.2) is 36.7 Å². The van der Waals surface area contributed by atoms with E-state index in [0.29, 0.717) is 17.5 Å². The quantitative estimate of drug-likeness (QED) is 0.504. The highest BCUT2D eigenvalue weighted by atomic mass is 19.1. The lowest BCUT2D eigenvalue weighted by Crippen LogP contribution is -2.28. The van der Waals surface area contributed by atoms with E-state index >= 15 is 0 Å². The van der Waals surface area contributed by atoms with E-state index in [9.17, 15) is 13.6 Å². The lowest BCUT2D eigenvalue weighted by molar-refractivity contribution is 0.0510. The Hall–Kier alpha value is -3.56. The van der Waals surface area contributed by atoms with Crippen LogP contribution in [0.5, 0.6) is 0 Å². The zero-order valence-corrected chi connectivity index (χ0v) is 18.9. The van der Waals surface area contributed by atoms with Crippen LogP contribution in [0.1, 0.15) is 63.8 Å². The Morgan fingerprint density at radius 1 is 1.12 bits per heavy atom. The van der Waals surface area contributed by atoms with Gasteiger partial charge in [0.15, 0.2) is 5.82 Å². The summed E-state index contributed by atoms with van der Waals surface area (Å²) in [4.78, 5) is 20.9. The molecule has 2 heterocycles. The van der Waals surface area contributed by atoms with Gasteiger partial charge in [-0.05, 0) is 52.7 Å². The molecular formula is C23H26F2N6O2. The second-order valence-electron chi connectivity index (χ2n) is 9.04. The molecule has 1 fully saturated rings. The van der Waals surface area contributed by atoms with E-state index in [2.05, 4.69) is 25.7 Å². The van der Waals surface area contributed by atoms with Crippen molar-refractivity contribution >= 4 is 23.5 Å². The topological polar surface area (TPSA) is 94.0 Å². The number of carbonyl (C=O) groups is 1. The molecule has 8 nitrogen and oxygen atoms in total. The van der Waals surface area contributed by atoms with E-state index in [1.165, 1.54) is 29.2 Å². The summed E-state index contributed by atoms with van der Waals surface area (Å²) in [7, 11) is 0. The minimum Gasteiger partial charge on any atom is -0.442 e. The van der Waals surface area contributed by atoms with Gasteiger partial charge in [-0.2, -0.15) is 4.68 Å². The molecule has 33 heavy (non-hydrogen) atoms. The number of benzene rings is 1. The molecule has 2 N–H and O–H groups in total. The fraction of sp³-hybridized carbons (Fsp3) is 0.391. The summed E-state index contributed by atoms with van der Waals surface area (Å²) in [5, 5.41) is 10.4. The van der Waals surface area contributed by atoms with Gasteiger partial charge in [0, 0.05) is 23.6 Å². The lowest BCUT2D eigenvalue weighted by Gasteiger charge is -2.19. The van der Waals surface area contributed by atoms with Gasteiger partial charge in [0.1, 0.15) is 35.2 Å². The highest BCUT2D eigenvalue weighted by Gasteiger charge is 2.32. The van der Waals surface area contributed by atoms with Crippen molar-refractivity contribution in [3.05, 3.63) is 59.6 Å². The minimum absolute atomic E-state index is 0.0733. The minimum atomic E-state index is -0.665. The Labute approximate surface area is 190 Å². The van der Waals surface area contributed by atoms with Crippen molar-refractivity contribution in [1.82, 2.24) is 19.7 Å². The largest absolute Gasteiger partial charge is 0.442 e. The summed E-state index contributed by atoms with van der Waals surface area (Å²) in [5.74, 6) is 0.201. The van der Waals surface area contributed by atoms with Gasteiger partial charge in [-0.3, -0.25) is 0 Å².